The van der Waals surface area contributed by atoms with Gasteiger partial charge in [0.1, 0.15) is 5.75 Å². The summed E-state index contributed by atoms with van der Waals surface area (Å²) in [5.74, 6) is 0.490. The predicted octanol–water partition coefficient (Wildman–Crippen LogP) is 2.19. The number of methoxy groups -OCH3 is 1. The minimum atomic E-state index is -0.258. The number of carbonyl (C=O) groups is 2. The van der Waals surface area contributed by atoms with Gasteiger partial charge in [-0.05, 0) is 30.5 Å². The maximum Gasteiger partial charge on any atom is 0.264 e. The second-order valence-corrected chi connectivity index (χ2v) is 6.38. The zero-order valence-corrected chi connectivity index (χ0v) is 14.7. The van der Waals surface area contributed by atoms with E-state index >= 15 is 0 Å². The van der Waals surface area contributed by atoms with Crippen molar-refractivity contribution in [2.75, 3.05) is 20.8 Å². The van der Waals surface area contributed by atoms with Gasteiger partial charge in [0.05, 0.1) is 7.11 Å². The Morgan fingerprint density at radius 3 is 2.68 bits per heavy atom. The molecule has 1 aromatic rings. The lowest BCUT2D eigenvalue weighted by Gasteiger charge is -2.27. The van der Waals surface area contributed by atoms with Crippen LogP contribution in [0.25, 0.3) is 0 Å². The van der Waals surface area contributed by atoms with Gasteiger partial charge in [0.2, 0.25) is 5.88 Å². The SMILES string of the molecule is COc1ccc(CCC2C=NC3=C(C(=O)C2C)N(C)C(=O)CO3)cc1. The van der Waals surface area contributed by atoms with E-state index in [2.05, 4.69) is 4.99 Å². The van der Waals surface area contributed by atoms with Crippen LogP contribution in [0, 0.1) is 11.8 Å². The van der Waals surface area contributed by atoms with Crippen molar-refractivity contribution in [2.45, 2.75) is 19.8 Å². The van der Waals surface area contributed by atoms with Crippen molar-refractivity contribution in [3.05, 3.63) is 41.4 Å². The molecule has 6 nitrogen and oxygen atoms in total. The second kappa shape index (κ2) is 7.09. The molecule has 0 aromatic heterocycles. The Bertz CT molecular complexity index is 736. The molecule has 1 aromatic carbocycles. The molecule has 6 heteroatoms. The van der Waals surface area contributed by atoms with Crippen LogP contribution in [0.2, 0.25) is 0 Å². The number of benzene rings is 1. The third kappa shape index (κ3) is 3.43. The largest absolute Gasteiger partial charge is 0.497 e. The minimum absolute atomic E-state index is 0.00713. The molecule has 0 aliphatic carbocycles. The molecule has 3 rings (SSSR count). The van der Waals surface area contributed by atoms with Crippen LogP contribution in [0.4, 0.5) is 0 Å². The fourth-order valence-electron chi connectivity index (χ4n) is 3.09. The Labute approximate surface area is 147 Å². The number of ketones is 1. The van der Waals surface area contributed by atoms with E-state index in [-0.39, 0.29) is 41.7 Å². The highest BCUT2D eigenvalue weighted by Crippen LogP contribution is 2.29. The Morgan fingerprint density at radius 2 is 2.00 bits per heavy atom. The Kier molecular flexibility index (Phi) is 4.88. The first-order valence-electron chi connectivity index (χ1n) is 8.36. The summed E-state index contributed by atoms with van der Waals surface area (Å²) in [7, 11) is 3.24. The zero-order chi connectivity index (χ0) is 18.0. The van der Waals surface area contributed by atoms with Gasteiger partial charge in [-0.3, -0.25) is 9.59 Å². The summed E-state index contributed by atoms with van der Waals surface area (Å²) in [6.07, 6.45) is 3.41. The highest BCUT2D eigenvalue weighted by molar-refractivity contribution is 6.03. The summed E-state index contributed by atoms with van der Waals surface area (Å²) < 4.78 is 10.5. The van der Waals surface area contributed by atoms with Gasteiger partial charge in [-0.1, -0.05) is 19.1 Å². The van der Waals surface area contributed by atoms with Crippen LogP contribution in [0.1, 0.15) is 18.9 Å². The van der Waals surface area contributed by atoms with Crippen LogP contribution in [0.5, 0.6) is 5.75 Å². The number of nitrogens with zero attached hydrogens (tertiary/aromatic N) is 2. The fourth-order valence-corrected chi connectivity index (χ4v) is 3.09. The summed E-state index contributed by atoms with van der Waals surface area (Å²) in [5.41, 5.74) is 1.45. The molecule has 2 aliphatic heterocycles. The monoisotopic (exact) mass is 342 g/mol. The van der Waals surface area contributed by atoms with Crippen LogP contribution in [0.3, 0.4) is 0 Å². The third-order valence-electron chi connectivity index (χ3n) is 4.84. The number of rotatable bonds is 4. The van der Waals surface area contributed by atoms with E-state index < -0.39 is 0 Å². The van der Waals surface area contributed by atoms with Gasteiger partial charge in [-0.25, -0.2) is 4.99 Å². The molecular formula is C19H22N2O4. The molecule has 0 N–H and O–H groups in total. The molecule has 2 aliphatic rings. The Morgan fingerprint density at radius 1 is 1.28 bits per heavy atom. The topological polar surface area (TPSA) is 68.2 Å². The van der Waals surface area contributed by atoms with Crippen LogP contribution in [0.15, 0.2) is 40.8 Å². The van der Waals surface area contributed by atoms with Crippen molar-refractivity contribution in [2.24, 2.45) is 16.8 Å². The molecule has 2 heterocycles. The zero-order valence-electron chi connectivity index (χ0n) is 14.7. The smallest absolute Gasteiger partial charge is 0.264 e. The molecule has 1 amide bonds. The molecule has 132 valence electrons. The summed E-state index contributed by atoms with van der Waals surface area (Å²) >= 11 is 0. The standard InChI is InChI=1S/C19H22N2O4/c1-12-14(7-4-13-5-8-15(24-3)9-6-13)10-20-19-17(18(12)23)21(2)16(22)11-25-19/h5-6,8-10,12,14H,4,7,11H2,1-3H3. The average Bonchev–Trinajstić information content (AvgIpc) is 2.75. The Balaban J connectivity index is 1.72. The summed E-state index contributed by atoms with van der Waals surface area (Å²) in [6, 6.07) is 7.91. The maximum absolute atomic E-state index is 12.8. The maximum atomic E-state index is 12.8. The number of aryl methyl sites for hydroxylation is 1. The highest BCUT2D eigenvalue weighted by Gasteiger charge is 2.37. The number of ether oxygens (including phenoxy) is 2. The lowest BCUT2D eigenvalue weighted by atomic mass is 9.85. The molecular weight excluding hydrogens is 320 g/mol. The predicted molar refractivity (Wildman–Crippen MR) is 93.2 cm³/mol. The number of allylic oxidation sites excluding steroid dienone is 1. The fraction of sp³-hybridized carbons (Fsp3) is 0.421. The number of likely N-dealkylation sites (N-methyl/N-ethyl adjacent to an activating group) is 1. The van der Waals surface area contributed by atoms with Gasteiger partial charge in [0.15, 0.2) is 18.1 Å². The van der Waals surface area contributed by atoms with Crippen LogP contribution in [-0.4, -0.2) is 43.6 Å². The van der Waals surface area contributed by atoms with E-state index in [4.69, 9.17) is 9.47 Å². The number of Topliss-reactive ketones (excluding diaryl/α,β-unsaturated/α-hetero) is 1. The second-order valence-electron chi connectivity index (χ2n) is 6.38. The van der Waals surface area contributed by atoms with Crippen LogP contribution in [-0.2, 0) is 20.7 Å². The lowest BCUT2D eigenvalue weighted by Crippen LogP contribution is -2.39. The van der Waals surface area contributed by atoms with Crippen molar-refractivity contribution in [3.63, 3.8) is 0 Å². The van der Waals surface area contributed by atoms with Crippen molar-refractivity contribution in [1.82, 2.24) is 4.90 Å². The van der Waals surface area contributed by atoms with E-state index in [1.54, 1.807) is 20.4 Å². The van der Waals surface area contributed by atoms with E-state index in [1.165, 1.54) is 10.5 Å². The molecule has 0 fully saturated rings. The number of hydrogen-bond acceptors (Lipinski definition) is 5. The third-order valence-corrected chi connectivity index (χ3v) is 4.84. The summed E-state index contributed by atoms with van der Waals surface area (Å²) in [4.78, 5) is 30.3. The quantitative estimate of drug-likeness (QED) is 0.841. The number of hydrogen-bond donors (Lipinski definition) is 0. The van der Waals surface area contributed by atoms with Gasteiger partial charge in [-0.2, -0.15) is 0 Å². The van der Waals surface area contributed by atoms with Gasteiger partial charge in [0.25, 0.3) is 5.91 Å². The highest BCUT2D eigenvalue weighted by atomic mass is 16.5. The molecule has 2 atom stereocenters. The summed E-state index contributed by atoms with van der Waals surface area (Å²) in [5, 5.41) is 0. The number of aliphatic imine (C=N–C) groups is 1. The van der Waals surface area contributed by atoms with Crippen molar-refractivity contribution in [3.8, 4) is 5.75 Å². The molecule has 0 bridgehead atoms. The Hall–Kier alpha value is -2.63. The first kappa shape index (κ1) is 17.2. The van der Waals surface area contributed by atoms with E-state index in [1.807, 2.05) is 31.2 Å². The van der Waals surface area contributed by atoms with Gasteiger partial charge in [0, 0.05) is 25.1 Å². The molecule has 0 radical (unpaired) electrons. The van der Waals surface area contributed by atoms with Crippen molar-refractivity contribution in [1.29, 1.82) is 0 Å². The van der Waals surface area contributed by atoms with Crippen LogP contribution < -0.4 is 4.74 Å². The van der Waals surface area contributed by atoms with E-state index in [9.17, 15) is 9.59 Å². The van der Waals surface area contributed by atoms with Gasteiger partial charge in [-0.15, -0.1) is 0 Å². The number of amides is 1. The normalized spacial score (nSPS) is 23.2. The average molecular weight is 342 g/mol. The van der Waals surface area contributed by atoms with Gasteiger partial charge < -0.3 is 14.4 Å². The first-order valence-corrected chi connectivity index (χ1v) is 8.36. The molecule has 0 spiro atoms. The van der Waals surface area contributed by atoms with Crippen molar-refractivity contribution >= 4 is 17.9 Å². The molecule has 0 saturated carbocycles. The van der Waals surface area contributed by atoms with Crippen LogP contribution >= 0.6 is 0 Å². The lowest BCUT2D eigenvalue weighted by molar-refractivity contribution is -0.137. The van der Waals surface area contributed by atoms with Crippen molar-refractivity contribution < 1.29 is 19.1 Å². The first-order chi connectivity index (χ1) is 12.0. The molecule has 2 unspecified atom stereocenters. The number of carbonyl (C=O) groups excluding carboxylic acids is 2. The summed E-state index contributed by atoms with van der Waals surface area (Å²) in [6.45, 7) is 1.81. The van der Waals surface area contributed by atoms with Gasteiger partial charge >= 0.3 is 0 Å². The molecule has 25 heavy (non-hydrogen) atoms. The molecule has 0 saturated heterocycles. The van der Waals surface area contributed by atoms with E-state index in [0.29, 0.717) is 0 Å². The minimum Gasteiger partial charge on any atom is -0.497 e. The van der Waals surface area contributed by atoms with E-state index in [0.717, 1.165) is 18.6 Å².